The maximum absolute atomic E-state index is 14.0. The van der Waals surface area contributed by atoms with Crippen molar-refractivity contribution >= 4 is 45.0 Å². The van der Waals surface area contributed by atoms with Gasteiger partial charge in [-0.2, -0.15) is 0 Å². The van der Waals surface area contributed by atoms with E-state index < -0.39 is 12.0 Å². The zero-order valence-corrected chi connectivity index (χ0v) is 24.0. The van der Waals surface area contributed by atoms with Gasteiger partial charge in [0, 0.05) is 5.56 Å². The predicted octanol–water partition coefficient (Wildman–Crippen LogP) is 4.44. The highest BCUT2D eigenvalue weighted by molar-refractivity contribution is 9.10. The standard InChI is InChI=1S/C30H23BrN2O6S/c1-3-37-29(35)25-26(18-7-5-4-6-8-18)32-30-33(27(25)19-10-12-22-23(15-19)39-16-38-22)28(34)24(40-30)14-17-9-11-21(36-2)20(31)13-17/h4-15,27H,3,16H2,1-2H3/b24-14+/t27-/m1/s1. The van der Waals surface area contributed by atoms with Gasteiger partial charge in [0.2, 0.25) is 6.79 Å². The van der Waals surface area contributed by atoms with Gasteiger partial charge < -0.3 is 18.9 Å². The summed E-state index contributed by atoms with van der Waals surface area (Å²) in [6.45, 7) is 2.03. The van der Waals surface area contributed by atoms with Crippen molar-refractivity contribution in [3.05, 3.63) is 113 Å². The minimum absolute atomic E-state index is 0.106. The second-order valence-electron chi connectivity index (χ2n) is 8.94. The molecule has 0 saturated carbocycles. The summed E-state index contributed by atoms with van der Waals surface area (Å²) in [5.41, 5.74) is 2.70. The van der Waals surface area contributed by atoms with Crippen LogP contribution in [0.4, 0.5) is 0 Å². The molecule has 0 radical (unpaired) electrons. The number of nitrogens with zero attached hydrogens (tertiary/aromatic N) is 2. The molecule has 0 unspecified atom stereocenters. The smallest absolute Gasteiger partial charge is 0.338 e. The van der Waals surface area contributed by atoms with Crippen molar-refractivity contribution in [3.8, 4) is 17.2 Å². The minimum atomic E-state index is -0.801. The molecule has 0 amide bonds. The molecule has 4 aromatic rings. The third-order valence-electron chi connectivity index (χ3n) is 6.56. The van der Waals surface area contributed by atoms with Crippen molar-refractivity contribution in [1.82, 2.24) is 4.57 Å². The molecular weight excluding hydrogens is 596 g/mol. The lowest BCUT2D eigenvalue weighted by Crippen LogP contribution is -2.40. The van der Waals surface area contributed by atoms with Gasteiger partial charge in [0.05, 0.1) is 40.0 Å². The molecule has 0 N–H and O–H groups in total. The van der Waals surface area contributed by atoms with Crippen LogP contribution in [-0.4, -0.2) is 31.0 Å². The first-order valence-corrected chi connectivity index (χ1v) is 14.1. The Hall–Kier alpha value is -4.15. The van der Waals surface area contributed by atoms with Crippen molar-refractivity contribution in [2.45, 2.75) is 13.0 Å². The Kier molecular flexibility index (Phi) is 7.03. The Morgan fingerprint density at radius 2 is 1.93 bits per heavy atom. The van der Waals surface area contributed by atoms with Gasteiger partial charge in [-0.25, -0.2) is 9.79 Å². The number of esters is 1. The van der Waals surface area contributed by atoms with Crippen molar-refractivity contribution < 1.29 is 23.7 Å². The fraction of sp³-hybridized carbons (Fsp3) is 0.167. The number of hydrogen-bond donors (Lipinski definition) is 0. The zero-order chi connectivity index (χ0) is 27.8. The monoisotopic (exact) mass is 618 g/mol. The van der Waals surface area contributed by atoms with E-state index in [1.807, 2.05) is 54.6 Å². The average molecular weight is 619 g/mol. The van der Waals surface area contributed by atoms with Crippen LogP contribution in [0.2, 0.25) is 0 Å². The maximum Gasteiger partial charge on any atom is 0.338 e. The van der Waals surface area contributed by atoms with Crippen molar-refractivity contribution in [2.24, 2.45) is 4.99 Å². The number of thiazole rings is 1. The summed E-state index contributed by atoms with van der Waals surface area (Å²) < 4.78 is 24.8. The van der Waals surface area contributed by atoms with Gasteiger partial charge in [0.25, 0.3) is 5.56 Å². The second kappa shape index (κ2) is 10.8. The van der Waals surface area contributed by atoms with Gasteiger partial charge in [-0.15, -0.1) is 0 Å². The number of ether oxygens (including phenoxy) is 4. The van der Waals surface area contributed by atoms with E-state index in [1.165, 1.54) is 11.3 Å². The molecule has 202 valence electrons. The van der Waals surface area contributed by atoms with E-state index in [2.05, 4.69) is 15.9 Å². The molecule has 1 aromatic heterocycles. The number of aromatic nitrogens is 1. The molecule has 0 bridgehead atoms. The Balaban J connectivity index is 1.62. The first kappa shape index (κ1) is 26.1. The van der Waals surface area contributed by atoms with Crippen LogP contribution in [0.1, 0.15) is 29.7 Å². The number of benzene rings is 3. The fourth-order valence-corrected chi connectivity index (χ4v) is 6.32. The fourth-order valence-electron chi connectivity index (χ4n) is 4.76. The highest BCUT2D eigenvalue weighted by Gasteiger charge is 2.36. The molecule has 10 heteroatoms. The van der Waals surface area contributed by atoms with Crippen LogP contribution in [0.15, 0.2) is 86.6 Å². The lowest BCUT2D eigenvalue weighted by molar-refractivity contribution is -0.138. The molecular formula is C30H23BrN2O6S. The first-order chi connectivity index (χ1) is 19.5. The molecule has 2 aliphatic rings. The van der Waals surface area contributed by atoms with E-state index in [4.69, 9.17) is 23.9 Å². The summed E-state index contributed by atoms with van der Waals surface area (Å²) in [6, 6.07) is 19.6. The highest BCUT2D eigenvalue weighted by atomic mass is 79.9. The zero-order valence-electron chi connectivity index (χ0n) is 21.5. The summed E-state index contributed by atoms with van der Waals surface area (Å²) in [6.07, 6.45) is 1.81. The lowest BCUT2D eigenvalue weighted by Gasteiger charge is -2.26. The highest BCUT2D eigenvalue weighted by Crippen LogP contribution is 2.40. The molecule has 0 spiro atoms. The molecule has 2 aliphatic heterocycles. The third-order valence-corrected chi connectivity index (χ3v) is 8.16. The molecule has 3 heterocycles. The normalized spacial score (nSPS) is 16.0. The summed E-state index contributed by atoms with van der Waals surface area (Å²) in [4.78, 5) is 33.0. The number of carbonyl (C=O) groups is 1. The van der Waals surface area contributed by atoms with Crippen LogP contribution in [0.25, 0.3) is 11.8 Å². The summed E-state index contributed by atoms with van der Waals surface area (Å²) >= 11 is 4.77. The number of carbonyl (C=O) groups excluding carboxylic acids is 1. The van der Waals surface area contributed by atoms with Crippen LogP contribution >= 0.6 is 27.3 Å². The van der Waals surface area contributed by atoms with E-state index in [1.54, 1.807) is 36.8 Å². The molecule has 0 aliphatic carbocycles. The van der Waals surface area contributed by atoms with Gasteiger partial charge in [-0.1, -0.05) is 53.8 Å². The van der Waals surface area contributed by atoms with Crippen LogP contribution in [0, 0.1) is 0 Å². The van der Waals surface area contributed by atoms with Crippen molar-refractivity contribution in [1.29, 1.82) is 0 Å². The predicted molar refractivity (Wildman–Crippen MR) is 154 cm³/mol. The minimum Gasteiger partial charge on any atom is -0.496 e. The van der Waals surface area contributed by atoms with Gasteiger partial charge >= 0.3 is 5.97 Å². The Labute approximate surface area is 241 Å². The van der Waals surface area contributed by atoms with Crippen molar-refractivity contribution in [2.75, 3.05) is 20.5 Å². The van der Waals surface area contributed by atoms with Crippen LogP contribution in [-0.2, 0) is 9.53 Å². The van der Waals surface area contributed by atoms with E-state index in [-0.39, 0.29) is 24.5 Å². The largest absolute Gasteiger partial charge is 0.496 e. The van der Waals surface area contributed by atoms with E-state index in [9.17, 15) is 9.59 Å². The topological polar surface area (TPSA) is 88.4 Å². The number of rotatable bonds is 6. The van der Waals surface area contributed by atoms with Crippen LogP contribution in [0.3, 0.4) is 0 Å². The van der Waals surface area contributed by atoms with E-state index in [0.29, 0.717) is 37.8 Å². The average Bonchev–Trinajstić information content (AvgIpc) is 3.56. The van der Waals surface area contributed by atoms with Gasteiger partial charge in [0.1, 0.15) is 5.75 Å². The van der Waals surface area contributed by atoms with Gasteiger partial charge in [-0.3, -0.25) is 9.36 Å². The van der Waals surface area contributed by atoms with Crippen LogP contribution in [0.5, 0.6) is 17.2 Å². The molecule has 1 atom stereocenters. The molecule has 8 nitrogen and oxygen atoms in total. The summed E-state index contributed by atoms with van der Waals surface area (Å²) in [5.74, 6) is 1.30. The second-order valence-corrected chi connectivity index (χ2v) is 10.8. The van der Waals surface area contributed by atoms with Crippen molar-refractivity contribution in [3.63, 3.8) is 0 Å². The molecule has 0 saturated heterocycles. The van der Waals surface area contributed by atoms with E-state index >= 15 is 0 Å². The molecule has 3 aromatic carbocycles. The van der Waals surface area contributed by atoms with Gasteiger partial charge in [0.15, 0.2) is 16.3 Å². The summed E-state index contributed by atoms with van der Waals surface area (Å²) in [7, 11) is 1.60. The van der Waals surface area contributed by atoms with E-state index in [0.717, 1.165) is 15.6 Å². The van der Waals surface area contributed by atoms with Crippen LogP contribution < -0.4 is 29.1 Å². The quantitative estimate of drug-likeness (QED) is 0.297. The van der Waals surface area contributed by atoms with Gasteiger partial charge in [-0.05, 0) is 64.3 Å². The Morgan fingerprint density at radius 1 is 1.12 bits per heavy atom. The molecule has 6 rings (SSSR count). The maximum atomic E-state index is 14.0. The molecule has 40 heavy (non-hydrogen) atoms. The third kappa shape index (κ3) is 4.63. The Bertz CT molecular complexity index is 1840. The Morgan fingerprint density at radius 3 is 2.67 bits per heavy atom. The number of hydrogen-bond acceptors (Lipinski definition) is 8. The molecule has 0 fully saturated rings. The number of fused-ring (bicyclic) bond motifs is 2. The summed E-state index contributed by atoms with van der Waals surface area (Å²) in [5, 5.41) is 0. The number of halogens is 1. The SMILES string of the molecule is CCOC(=O)C1=C(c2ccccc2)N=c2s/c(=C/c3ccc(OC)c(Br)c3)c(=O)n2[C@@H]1c1ccc2c(c1)OCO2. The lowest BCUT2D eigenvalue weighted by atomic mass is 9.93. The first-order valence-electron chi connectivity index (χ1n) is 12.5. The number of methoxy groups -OCH3 is 1.